The van der Waals surface area contributed by atoms with Crippen LogP contribution in [0.15, 0.2) is 11.3 Å². The molecule has 0 saturated heterocycles. The van der Waals surface area contributed by atoms with Gasteiger partial charge in [0.25, 0.3) is 0 Å². The highest BCUT2D eigenvalue weighted by molar-refractivity contribution is 5.79. The third-order valence-electron chi connectivity index (χ3n) is 1.53. The number of nitrogens with two attached hydrogens (primary N) is 1. The highest BCUT2D eigenvalue weighted by Crippen LogP contribution is 2.08. The molecule has 0 fully saturated rings. The van der Waals surface area contributed by atoms with E-state index in [0.29, 0.717) is 5.69 Å². The zero-order chi connectivity index (χ0) is 11.4. The zero-order valence-electron chi connectivity index (χ0n) is 7.75. The molecule has 0 atom stereocenters. The van der Waals surface area contributed by atoms with Crippen molar-refractivity contribution in [1.82, 2.24) is 15.0 Å². The first kappa shape index (κ1) is 10.6. The molecule has 3 N–H and O–H groups in total. The van der Waals surface area contributed by atoms with E-state index in [2.05, 4.69) is 10.1 Å². The van der Waals surface area contributed by atoms with Gasteiger partial charge in [0.05, 0.1) is 13.3 Å². The van der Waals surface area contributed by atoms with Crippen molar-refractivity contribution in [3.05, 3.63) is 22.0 Å². The lowest BCUT2D eigenvalue weighted by Crippen LogP contribution is -2.24. The maximum Gasteiger partial charge on any atom is 0.434 e. The van der Waals surface area contributed by atoms with Gasteiger partial charge >= 0.3 is 12.0 Å². The number of nitrogens with zero attached hydrogens (tertiary/aromatic N) is 4. The Balaban J connectivity index is 2.83. The molecule has 0 bridgehead atoms. The number of primary amides is 1. The quantitative estimate of drug-likeness (QED) is 0.391. The smallest absolute Gasteiger partial charge is 0.390 e. The highest BCUT2D eigenvalue weighted by Gasteiger charge is 2.15. The number of imidazole rings is 1. The maximum atomic E-state index is 10.4. The average Bonchev–Trinajstić information content (AvgIpc) is 2.47. The second kappa shape index (κ2) is 4.17. The predicted molar refractivity (Wildman–Crippen MR) is 50.2 cm³/mol. The Kier molecular flexibility index (Phi) is 2.96. The van der Waals surface area contributed by atoms with Crippen LogP contribution in [0.5, 0.6) is 0 Å². The van der Waals surface area contributed by atoms with Gasteiger partial charge in [-0.3, -0.25) is 0 Å². The van der Waals surface area contributed by atoms with Crippen LogP contribution in [0.2, 0.25) is 0 Å². The molecule has 0 aliphatic rings. The largest absolute Gasteiger partial charge is 0.434 e. The van der Waals surface area contributed by atoms with Crippen molar-refractivity contribution in [1.29, 1.82) is 0 Å². The molecule has 0 saturated carbocycles. The van der Waals surface area contributed by atoms with E-state index in [1.165, 1.54) is 24.0 Å². The van der Waals surface area contributed by atoms with Gasteiger partial charge in [0.1, 0.15) is 6.20 Å². The molecule has 0 spiro atoms. The van der Waals surface area contributed by atoms with Crippen LogP contribution in [-0.2, 0) is 7.05 Å². The number of amides is 2. The Morgan fingerprint density at radius 2 is 2.53 bits per heavy atom. The molecule has 80 valence electrons. The number of hydrogen-bond donors (Lipinski definition) is 2. The van der Waals surface area contributed by atoms with Gasteiger partial charge in [-0.05, 0) is 4.92 Å². The summed E-state index contributed by atoms with van der Waals surface area (Å²) in [5.41, 5.74) is 7.08. The van der Waals surface area contributed by atoms with Gasteiger partial charge in [0, 0.05) is 0 Å². The van der Waals surface area contributed by atoms with Gasteiger partial charge in [-0.25, -0.2) is 14.8 Å². The van der Waals surface area contributed by atoms with E-state index in [1.54, 1.807) is 0 Å². The van der Waals surface area contributed by atoms with Gasteiger partial charge in [0.15, 0.2) is 5.69 Å². The fourth-order valence-electron chi connectivity index (χ4n) is 0.864. The number of hydrogen-bond acceptors (Lipinski definition) is 5. The molecule has 9 nitrogen and oxygen atoms in total. The lowest BCUT2D eigenvalue weighted by molar-refractivity contribution is -0.396. The minimum Gasteiger partial charge on any atom is -0.390 e. The summed E-state index contributed by atoms with van der Waals surface area (Å²) >= 11 is 0. The second-order valence-corrected chi connectivity index (χ2v) is 2.53. The molecule has 1 aromatic rings. The lowest BCUT2D eigenvalue weighted by Gasteiger charge is -1.94. The molecule has 0 radical (unpaired) electrons. The van der Waals surface area contributed by atoms with Crippen molar-refractivity contribution in [3.8, 4) is 0 Å². The van der Waals surface area contributed by atoms with Crippen LogP contribution in [-0.4, -0.2) is 26.7 Å². The van der Waals surface area contributed by atoms with Gasteiger partial charge in [-0.15, -0.1) is 0 Å². The monoisotopic (exact) mass is 212 g/mol. The Labute approximate surface area is 83.7 Å². The first-order chi connectivity index (χ1) is 7.02. The topological polar surface area (TPSA) is 128 Å². The van der Waals surface area contributed by atoms with Crippen molar-refractivity contribution < 1.29 is 9.72 Å². The summed E-state index contributed by atoms with van der Waals surface area (Å²) in [7, 11) is 1.46. The van der Waals surface area contributed by atoms with Crippen molar-refractivity contribution in [2.45, 2.75) is 0 Å². The van der Waals surface area contributed by atoms with Crippen molar-refractivity contribution in [2.75, 3.05) is 0 Å². The molecular formula is C6H8N6O3. The van der Waals surface area contributed by atoms with Crippen LogP contribution >= 0.6 is 0 Å². The molecule has 1 rings (SSSR count). The minimum absolute atomic E-state index is 0.310. The van der Waals surface area contributed by atoms with E-state index in [1.807, 2.05) is 5.43 Å². The maximum absolute atomic E-state index is 10.4. The second-order valence-electron chi connectivity index (χ2n) is 2.53. The minimum atomic E-state index is -0.817. The Bertz CT molecular complexity index is 423. The summed E-state index contributed by atoms with van der Waals surface area (Å²) < 4.78 is 1.21. The number of rotatable bonds is 3. The number of aromatic nitrogens is 2. The van der Waals surface area contributed by atoms with Crippen LogP contribution in [0, 0.1) is 10.1 Å². The summed E-state index contributed by atoms with van der Waals surface area (Å²) in [4.78, 5) is 23.6. The normalized spacial score (nSPS) is 10.5. The van der Waals surface area contributed by atoms with Crippen LogP contribution in [0.3, 0.4) is 0 Å². The standard InChI is InChI=1S/C6H8N6O3/c1-11-4(3-9-10-5(7)13)2-8-6(11)12(14)15/h2-3H,1H3,(H3,7,10,13)/b9-3+. The van der Waals surface area contributed by atoms with Crippen LogP contribution < -0.4 is 11.2 Å². The molecule has 0 aromatic carbocycles. The van der Waals surface area contributed by atoms with Gasteiger partial charge in [-0.1, -0.05) is 4.98 Å². The zero-order valence-corrected chi connectivity index (χ0v) is 7.75. The third-order valence-corrected chi connectivity index (χ3v) is 1.53. The lowest BCUT2D eigenvalue weighted by atomic mass is 10.5. The molecule has 9 heteroatoms. The molecule has 0 aliphatic heterocycles. The molecule has 1 aromatic heterocycles. The van der Waals surface area contributed by atoms with E-state index < -0.39 is 11.0 Å². The molecule has 2 amide bonds. The predicted octanol–water partition coefficient (Wildman–Crippen LogP) is -0.669. The molecule has 0 aliphatic carbocycles. The highest BCUT2D eigenvalue weighted by atomic mass is 16.6. The number of carbonyl (C=O) groups excluding carboxylic acids is 1. The summed E-state index contributed by atoms with van der Waals surface area (Å²) in [6.45, 7) is 0. The number of carbonyl (C=O) groups is 1. The fraction of sp³-hybridized carbons (Fsp3) is 0.167. The number of hydrazone groups is 1. The Hall–Kier alpha value is -2.45. The summed E-state index contributed by atoms with van der Waals surface area (Å²) in [5.74, 6) is -0.310. The SMILES string of the molecule is Cn1c(/C=N/NC(N)=O)cnc1[N+](=O)[O-]. The van der Waals surface area contributed by atoms with E-state index in [-0.39, 0.29) is 5.95 Å². The van der Waals surface area contributed by atoms with Crippen LogP contribution in [0.25, 0.3) is 0 Å². The van der Waals surface area contributed by atoms with E-state index >= 15 is 0 Å². The number of nitrogens with one attached hydrogen (secondary N) is 1. The fourth-order valence-corrected chi connectivity index (χ4v) is 0.864. The molecular weight excluding hydrogens is 204 g/mol. The average molecular weight is 212 g/mol. The summed E-state index contributed by atoms with van der Waals surface area (Å²) in [6.07, 6.45) is 2.45. The van der Waals surface area contributed by atoms with Crippen molar-refractivity contribution in [2.24, 2.45) is 17.9 Å². The first-order valence-corrected chi connectivity index (χ1v) is 3.77. The number of urea groups is 1. The Morgan fingerprint density at radius 3 is 3.00 bits per heavy atom. The van der Waals surface area contributed by atoms with Crippen molar-refractivity contribution in [3.63, 3.8) is 0 Å². The number of nitro groups is 1. The van der Waals surface area contributed by atoms with E-state index in [9.17, 15) is 14.9 Å². The van der Waals surface area contributed by atoms with E-state index in [4.69, 9.17) is 5.73 Å². The molecule has 1 heterocycles. The van der Waals surface area contributed by atoms with Crippen LogP contribution in [0.1, 0.15) is 5.69 Å². The third kappa shape index (κ3) is 2.49. The summed E-state index contributed by atoms with van der Waals surface area (Å²) in [5, 5.41) is 13.8. The molecule has 15 heavy (non-hydrogen) atoms. The summed E-state index contributed by atoms with van der Waals surface area (Å²) in [6, 6.07) is -0.817. The van der Waals surface area contributed by atoms with Gasteiger partial charge in [0.2, 0.25) is 0 Å². The van der Waals surface area contributed by atoms with E-state index in [0.717, 1.165) is 0 Å². The van der Waals surface area contributed by atoms with Crippen molar-refractivity contribution >= 4 is 18.2 Å². The van der Waals surface area contributed by atoms with Gasteiger partial charge in [-0.2, -0.15) is 5.10 Å². The van der Waals surface area contributed by atoms with Gasteiger partial charge < -0.3 is 15.8 Å². The molecule has 0 unspecified atom stereocenters. The first-order valence-electron chi connectivity index (χ1n) is 3.77. The van der Waals surface area contributed by atoms with Crippen LogP contribution in [0.4, 0.5) is 10.7 Å². The Morgan fingerprint density at radius 1 is 1.87 bits per heavy atom.